The molecule has 0 aliphatic carbocycles. The SMILES string of the molecule is CCCC[C@H](NC(=O)NCC(C)COC)C(=O)O. The summed E-state index contributed by atoms with van der Waals surface area (Å²) in [6.45, 7) is 4.93. The molecule has 0 aromatic heterocycles. The summed E-state index contributed by atoms with van der Waals surface area (Å²) in [6, 6.07) is -1.26. The van der Waals surface area contributed by atoms with Crippen molar-refractivity contribution in [3.8, 4) is 0 Å². The van der Waals surface area contributed by atoms with Gasteiger partial charge in [-0.3, -0.25) is 0 Å². The smallest absolute Gasteiger partial charge is 0.326 e. The van der Waals surface area contributed by atoms with Crippen LogP contribution in [-0.2, 0) is 9.53 Å². The number of carboxylic acids is 1. The van der Waals surface area contributed by atoms with Crippen molar-refractivity contribution >= 4 is 12.0 Å². The van der Waals surface area contributed by atoms with Crippen molar-refractivity contribution in [2.45, 2.75) is 39.2 Å². The molecule has 0 fully saturated rings. The van der Waals surface area contributed by atoms with E-state index in [9.17, 15) is 9.59 Å². The molecule has 6 nitrogen and oxygen atoms in total. The molecule has 0 heterocycles. The third kappa shape index (κ3) is 7.89. The summed E-state index contributed by atoms with van der Waals surface area (Å²) in [5.41, 5.74) is 0. The van der Waals surface area contributed by atoms with Crippen LogP contribution in [0.25, 0.3) is 0 Å². The minimum Gasteiger partial charge on any atom is -0.480 e. The average molecular weight is 260 g/mol. The van der Waals surface area contributed by atoms with Crippen molar-refractivity contribution in [2.75, 3.05) is 20.3 Å². The Morgan fingerprint density at radius 1 is 1.39 bits per heavy atom. The molecule has 0 saturated heterocycles. The van der Waals surface area contributed by atoms with E-state index in [4.69, 9.17) is 9.84 Å². The minimum absolute atomic E-state index is 0.194. The van der Waals surface area contributed by atoms with Crippen molar-refractivity contribution in [3.05, 3.63) is 0 Å². The number of hydrogen-bond acceptors (Lipinski definition) is 3. The van der Waals surface area contributed by atoms with E-state index in [1.165, 1.54) is 0 Å². The number of unbranched alkanes of at least 4 members (excludes halogenated alkanes) is 1. The number of amides is 2. The zero-order chi connectivity index (χ0) is 14.0. The second kappa shape index (κ2) is 9.70. The highest BCUT2D eigenvalue weighted by Gasteiger charge is 2.19. The van der Waals surface area contributed by atoms with Crippen molar-refractivity contribution in [2.24, 2.45) is 5.92 Å². The summed E-state index contributed by atoms with van der Waals surface area (Å²) in [4.78, 5) is 22.4. The molecule has 18 heavy (non-hydrogen) atoms. The predicted molar refractivity (Wildman–Crippen MR) is 68.5 cm³/mol. The molecule has 2 atom stereocenters. The zero-order valence-electron chi connectivity index (χ0n) is 11.4. The lowest BCUT2D eigenvalue weighted by atomic mass is 10.1. The van der Waals surface area contributed by atoms with Crippen LogP contribution >= 0.6 is 0 Å². The fourth-order valence-electron chi connectivity index (χ4n) is 1.49. The molecule has 1 unspecified atom stereocenters. The molecule has 106 valence electrons. The average Bonchev–Trinajstić information content (AvgIpc) is 2.32. The number of carbonyl (C=O) groups is 2. The van der Waals surface area contributed by atoms with Gasteiger partial charge in [-0.1, -0.05) is 26.7 Å². The topological polar surface area (TPSA) is 87.7 Å². The predicted octanol–water partition coefficient (Wildman–Crippen LogP) is 1.21. The Morgan fingerprint density at radius 3 is 2.56 bits per heavy atom. The van der Waals surface area contributed by atoms with Gasteiger partial charge in [0, 0.05) is 13.7 Å². The molecule has 2 amide bonds. The molecule has 6 heteroatoms. The summed E-state index contributed by atoms with van der Waals surface area (Å²) < 4.78 is 4.94. The molecule has 0 aliphatic heterocycles. The van der Waals surface area contributed by atoms with Crippen LogP contribution in [0.3, 0.4) is 0 Å². The van der Waals surface area contributed by atoms with Crippen LogP contribution in [0, 0.1) is 5.92 Å². The van der Waals surface area contributed by atoms with Crippen molar-refractivity contribution in [3.63, 3.8) is 0 Å². The van der Waals surface area contributed by atoms with Crippen molar-refractivity contribution < 1.29 is 19.4 Å². The minimum atomic E-state index is -0.997. The first-order valence-electron chi connectivity index (χ1n) is 6.27. The molecule has 0 bridgehead atoms. The Labute approximate surface area is 108 Å². The first-order chi connectivity index (χ1) is 8.51. The van der Waals surface area contributed by atoms with Gasteiger partial charge in [-0.25, -0.2) is 9.59 Å². The molecular weight excluding hydrogens is 236 g/mol. The molecule has 0 saturated carbocycles. The van der Waals surface area contributed by atoms with Gasteiger partial charge in [0.05, 0.1) is 6.61 Å². The second-order valence-electron chi connectivity index (χ2n) is 4.45. The van der Waals surface area contributed by atoms with Gasteiger partial charge in [0.25, 0.3) is 0 Å². The normalized spacial score (nSPS) is 13.7. The van der Waals surface area contributed by atoms with E-state index in [1.807, 2.05) is 13.8 Å². The fourth-order valence-corrected chi connectivity index (χ4v) is 1.49. The van der Waals surface area contributed by atoms with E-state index in [1.54, 1.807) is 7.11 Å². The summed E-state index contributed by atoms with van der Waals surface area (Å²) in [7, 11) is 1.60. The number of aliphatic carboxylic acids is 1. The molecule has 0 radical (unpaired) electrons. The Hall–Kier alpha value is -1.30. The van der Waals surface area contributed by atoms with Gasteiger partial charge in [-0.2, -0.15) is 0 Å². The van der Waals surface area contributed by atoms with Crippen LogP contribution < -0.4 is 10.6 Å². The number of urea groups is 1. The number of nitrogens with one attached hydrogen (secondary N) is 2. The van der Waals surface area contributed by atoms with Gasteiger partial charge in [-0.05, 0) is 12.3 Å². The van der Waals surface area contributed by atoms with E-state index >= 15 is 0 Å². The Kier molecular flexibility index (Phi) is 9.00. The number of carboxylic acid groups (broad SMARTS) is 1. The maximum Gasteiger partial charge on any atom is 0.326 e. The highest BCUT2D eigenvalue weighted by Crippen LogP contribution is 2.01. The Morgan fingerprint density at radius 2 is 2.06 bits per heavy atom. The second-order valence-corrected chi connectivity index (χ2v) is 4.45. The number of methoxy groups -OCH3 is 1. The summed E-state index contributed by atoms with van der Waals surface area (Å²) in [5.74, 6) is -0.803. The highest BCUT2D eigenvalue weighted by molar-refractivity contribution is 5.82. The van der Waals surface area contributed by atoms with Gasteiger partial charge in [0.1, 0.15) is 6.04 Å². The van der Waals surface area contributed by atoms with E-state index in [2.05, 4.69) is 10.6 Å². The van der Waals surface area contributed by atoms with Crippen LogP contribution in [0.5, 0.6) is 0 Å². The van der Waals surface area contributed by atoms with Crippen LogP contribution in [0.2, 0.25) is 0 Å². The largest absolute Gasteiger partial charge is 0.480 e. The van der Waals surface area contributed by atoms with Crippen LogP contribution in [0.15, 0.2) is 0 Å². The number of carbonyl (C=O) groups excluding carboxylic acids is 1. The standard InChI is InChI=1S/C12H24N2O4/c1-4-5-6-10(11(15)16)14-12(17)13-7-9(2)8-18-3/h9-10H,4-8H2,1-3H3,(H,15,16)(H2,13,14,17)/t9?,10-/m0/s1. The molecule has 0 rings (SSSR count). The van der Waals surface area contributed by atoms with Gasteiger partial charge < -0.3 is 20.5 Å². The van der Waals surface area contributed by atoms with E-state index in [-0.39, 0.29) is 5.92 Å². The molecular formula is C12H24N2O4. The van der Waals surface area contributed by atoms with Crippen LogP contribution in [0.4, 0.5) is 4.79 Å². The number of hydrogen-bond donors (Lipinski definition) is 3. The third-order valence-electron chi connectivity index (χ3n) is 2.51. The van der Waals surface area contributed by atoms with Gasteiger partial charge in [-0.15, -0.1) is 0 Å². The molecule has 3 N–H and O–H groups in total. The first-order valence-corrected chi connectivity index (χ1v) is 6.27. The zero-order valence-corrected chi connectivity index (χ0v) is 11.4. The molecule has 0 aromatic carbocycles. The Bertz CT molecular complexity index is 258. The monoisotopic (exact) mass is 260 g/mol. The molecule has 0 spiro atoms. The molecule has 0 aromatic rings. The van der Waals surface area contributed by atoms with E-state index in [0.29, 0.717) is 19.6 Å². The molecule has 0 aliphatic rings. The van der Waals surface area contributed by atoms with Crippen LogP contribution in [0.1, 0.15) is 33.1 Å². The quantitative estimate of drug-likeness (QED) is 0.581. The maximum atomic E-state index is 11.5. The lowest BCUT2D eigenvalue weighted by Gasteiger charge is -2.16. The van der Waals surface area contributed by atoms with Crippen molar-refractivity contribution in [1.29, 1.82) is 0 Å². The van der Waals surface area contributed by atoms with E-state index in [0.717, 1.165) is 12.8 Å². The first kappa shape index (κ1) is 16.7. The van der Waals surface area contributed by atoms with E-state index < -0.39 is 18.0 Å². The van der Waals surface area contributed by atoms with Crippen LogP contribution in [-0.4, -0.2) is 43.4 Å². The highest BCUT2D eigenvalue weighted by atomic mass is 16.5. The Balaban J connectivity index is 3.98. The third-order valence-corrected chi connectivity index (χ3v) is 2.51. The summed E-state index contributed by atoms with van der Waals surface area (Å²) >= 11 is 0. The number of ether oxygens (including phenoxy) is 1. The lowest BCUT2D eigenvalue weighted by Crippen LogP contribution is -2.47. The summed E-state index contributed by atoms with van der Waals surface area (Å²) in [5, 5.41) is 14.0. The fraction of sp³-hybridized carbons (Fsp3) is 0.833. The maximum absolute atomic E-state index is 11.5. The lowest BCUT2D eigenvalue weighted by molar-refractivity contribution is -0.139. The number of rotatable bonds is 9. The van der Waals surface area contributed by atoms with Gasteiger partial charge >= 0.3 is 12.0 Å². The van der Waals surface area contributed by atoms with Gasteiger partial charge in [0.15, 0.2) is 0 Å². The van der Waals surface area contributed by atoms with Gasteiger partial charge in [0.2, 0.25) is 0 Å². The summed E-state index contributed by atoms with van der Waals surface area (Å²) in [6.07, 6.45) is 2.13. The van der Waals surface area contributed by atoms with Crippen molar-refractivity contribution in [1.82, 2.24) is 10.6 Å².